The first-order chi connectivity index (χ1) is 16.8. The third-order valence-corrected chi connectivity index (χ3v) is 7.52. The summed E-state index contributed by atoms with van der Waals surface area (Å²) in [5.41, 5.74) is 1.30. The molecule has 1 aliphatic rings. The lowest BCUT2D eigenvalue weighted by molar-refractivity contribution is -0.142. The highest BCUT2D eigenvalue weighted by Gasteiger charge is 2.27. The molecular formula is C25H21N3O6S. The second-order valence-electron chi connectivity index (χ2n) is 8.59. The lowest BCUT2D eigenvalue weighted by Gasteiger charge is -2.26. The van der Waals surface area contributed by atoms with Crippen LogP contribution in [0, 0.1) is 5.92 Å². The molecule has 0 atom stereocenters. The van der Waals surface area contributed by atoms with Gasteiger partial charge in [-0.05, 0) is 67.6 Å². The minimum absolute atomic E-state index is 0.130. The fourth-order valence-electron chi connectivity index (χ4n) is 4.51. The van der Waals surface area contributed by atoms with Crippen molar-refractivity contribution in [3.8, 4) is 10.4 Å². The van der Waals surface area contributed by atoms with E-state index in [0.717, 1.165) is 16.2 Å². The summed E-state index contributed by atoms with van der Waals surface area (Å²) >= 11 is 1.12. The number of nitrogens with one attached hydrogen (secondary N) is 1. The molecule has 1 amide bonds. The van der Waals surface area contributed by atoms with Gasteiger partial charge >= 0.3 is 11.9 Å². The van der Waals surface area contributed by atoms with Crippen LogP contribution in [0.25, 0.3) is 27.0 Å². The zero-order valence-electron chi connectivity index (χ0n) is 18.4. The zero-order chi connectivity index (χ0) is 24.7. The van der Waals surface area contributed by atoms with E-state index in [1.165, 1.54) is 10.5 Å². The molecule has 9 nitrogen and oxygen atoms in total. The van der Waals surface area contributed by atoms with E-state index in [1.54, 1.807) is 42.6 Å². The maximum absolute atomic E-state index is 13.3. The molecule has 0 radical (unpaired) electrons. The quantitative estimate of drug-likeness (QED) is 0.362. The van der Waals surface area contributed by atoms with Crippen molar-refractivity contribution in [1.82, 2.24) is 14.7 Å². The number of aliphatic carboxylic acids is 1. The lowest BCUT2D eigenvalue weighted by atomic mass is 9.86. The number of benzene rings is 1. The zero-order valence-corrected chi connectivity index (χ0v) is 19.2. The number of pyridine rings is 1. The molecule has 0 unspecified atom stereocenters. The van der Waals surface area contributed by atoms with Crippen LogP contribution in [0.4, 0.5) is 0 Å². The van der Waals surface area contributed by atoms with Crippen molar-refractivity contribution < 1.29 is 24.6 Å². The maximum atomic E-state index is 13.3. The monoisotopic (exact) mass is 491 g/mol. The van der Waals surface area contributed by atoms with Crippen molar-refractivity contribution >= 4 is 45.7 Å². The number of amides is 1. The topological polar surface area (TPSA) is 138 Å². The molecule has 10 heteroatoms. The van der Waals surface area contributed by atoms with Crippen molar-refractivity contribution in [3.05, 3.63) is 69.5 Å². The highest BCUT2D eigenvalue weighted by molar-refractivity contribution is 7.17. The van der Waals surface area contributed by atoms with Crippen LogP contribution in [-0.2, 0) is 4.79 Å². The Morgan fingerprint density at radius 1 is 1.03 bits per heavy atom. The average Bonchev–Trinajstić information content (AvgIpc) is 3.35. The number of carbonyl (C=O) groups excluding carboxylic acids is 1. The number of carboxylic acids is 2. The van der Waals surface area contributed by atoms with E-state index in [1.807, 2.05) is 0 Å². The number of thiophene rings is 1. The first-order valence-electron chi connectivity index (χ1n) is 11.1. The smallest absolute Gasteiger partial charge is 0.345 e. The first kappa shape index (κ1) is 22.7. The van der Waals surface area contributed by atoms with E-state index in [0.29, 0.717) is 42.1 Å². The predicted molar refractivity (Wildman–Crippen MR) is 130 cm³/mol. The Balaban J connectivity index is 1.48. The molecule has 4 aromatic rings. The summed E-state index contributed by atoms with van der Waals surface area (Å²) in [5.74, 6) is -2.54. The Labute approximate surface area is 202 Å². The Hall–Kier alpha value is -4.05. The first-order valence-corrected chi connectivity index (χ1v) is 12.0. The van der Waals surface area contributed by atoms with Gasteiger partial charge in [-0.2, -0.15) is 0 Å². The molecule has 3 N–H and O–H groups in total. The Kier molecular flexibility index (Phi) is 5.81. The summed E-state index contributed by atoms with van der Waals surface area (Å²) in [6.07, 6.45) is 3.74. The van der Waals surface area contributed by atoms with Crippen LogP contribution < -0.4 is 10.9 Å². The van der Waals surface area contributed by atoms with E-state index < -0.39 is 11.9 Å². The highest BCUT2D eigenvalue weighted by atomic mass is 32.1. The largest absolute Gasteiger partial charge is 0.481 e. The Bertz CT molecular complexity index is 1550. The van der Waals surface area contributed by atoms with Crippen LogP contribution >= 0.6 is 11.3 Å². The molecule has 0 saturated heterocycles. The van der Waals surface area contributed by atoms with E-state index in [9.17, 15) is 24.3 Å². The van der Waals surface area contributed by atoms with Crippen LogP contribution in [-0.4, -0.2) is 43.5 Å². The number of rotatable bonds is 5. The van der Waals surface area contributed by atoms with Crippen molar-refractivity contribution in [2.45, 2.75) is 31.7 Å². The summed E-state index contributed by atoms with van der Waals surface area (Å²) in [4.78, 5) is 54.2. The number of nitrogens with zero attached hydrogens (tertiary/aromatic N) is 2. The van der Waals surface area contributed by atoms with Gasteiger partial charge in [-0.15, -0.1) is 11.3 Å². The summed E-state index contributed by atoms with van der Waals surface area (Å²) in [7, 11) is 0. The number of aromatic nitrogens is 2. The van der Waals surface area contributed by atoms with Gasteiger partial charge in [0.05, 0.1) is 22.4 Å². The molecule has 1 fully saturated rings. The Morgan fingerprint density at radius 3 is 2.49 bits per heavy atom. The third-order valence-electron chi connectivity index (χ3n) is 6.40. The van der Waals surface area contributed by atoms with Crippen molar-refractivity contribution in [3.63, 3.8) is 0 Å². The number of hydrogen-bond acceptors (Lipinski definition) is 6. The molecule has 1 saturated carbocycles. The molecule has 178 valence electrons. The van der Waals surface area contributed by atoms with E-state index >= 15 is 0 Å². The second-order valence-corrected chi connectivity index (χ2v) is 9.68. The summed E-state index contributed by atoms with van der Waals surface area (Å²) < 4.78 is 1.33. The maximum Gasteiger partial charge on any atom is 0.345 e. The Morgan fingerprint density at radius 2 is 1.80 bits per heavy atom. The second kappa shape index (κ2) is 8.95. The molecule has 1 aliphatic carbocycles. The SMILES string of the molecule is O=C(O)c1ccc(-c2ccc3nc4c(C(=O)NC5CCC(C(=O)O)CC5)cccn4c(=O)c3c2)s1. The molecule has 0 bridgehead atoms. The number of aromatic carboxylic acids is 1. The average molecular weight is 492 g/mol. The summed E-state index contributed by atoms with van der Waals surface area (Å²) in [5, 5.41) is 21.7. The van der Waals surface area contributed by atoms with E-state index in [4.69, 9.17) is 5.11 Å². The third kappa shape index (κ3) is 4.28. The number of carbonyl (C=O) groups is 3. The van der Waals surface area contributed by atoms with Crippen molar-refractivity contribution in [2.24, 2.45) is 5.92 Å². The molecule has 3 heterocycles. The minimum atomic E-state index is -1.00. The molecule has 35 heavy (non-hydrogen) atoms. The standard InChI is InChI=1S/C25H21N3O6S/c29-22(26-15-6-3-13(4-7-15)24(31)32)16-2-1-11-28-21(16)27-18-8-5-14(12-17(18)23(28)30)19-9-10-20(35-19)25(33)34/h1-2,5,8-13,15H,3-4,6-7H2,(H,26,29)(H,31,32)(H,33,34). The van der Waals surface area contributed by atoms with E-state index in [-0.39, 0.29) is 39.5 Å². The molecule has 0 spiro atoms. The van der Waals surface area contributed by atoms with E-state index in [2.05, 4.69) is 10.3 Å². The van der Waals surface area contributed by atoms with Crippen LogP contribution in [0.5, 0.6) is 0 Å². The van der Waals surface area contributed by atoms with Gasteiger partial charge in [0.25, 0.3) is 11.5 Å². The number of hydrogen-bond donors (Lipinski definition) is 3. The normalized spacial score (nSPS) is 17.9. The van der Waals surface area contributed by atoms with Crippen LogP contribution in [0.15, 0.2) is 53.5 Å². The lowest BCUT2D eigenvalue weighted by Crippen LogP contribution is -2.39. The molecule has 1 aromatic carbocycles. The van der Waals surface area contributed by atoms with Gasteiger partial charge in [0.2, 0.25) is 0 Å². The highest BCUT2D eigenvalue weighted by Crippen LogP contribution is 2.30. The number of carboxylic acid groups (broad SMARTS) is 2. The van der Waals surface area contributed by atoms with Gasteiger partial charge in [-0.25, -0.2) is 9.78 Å². The van der Waals surface area contributed by atoms with Gasteiger partial charge < -0.3 is 15.5 Å². The van der Waals surface area contributed by atoms with Crippen molar-refractivity contribution in [1.29, 1.82) is 0 Å². The van der Waals surface area contributed by atoms with Gasteiger partial charge in [0.15, 0.2) is 5.65 Å². The summed E-state index contributed by atoms with van der Waals surface area (Å²) in [6, 6.07) is 11.5. The predicted octanol–water partition coefficient (Wildman–Crippen LogP) is 3.65. The molecule has 3 aromatic heterocycles. The van der Waals surface area contributed by atoms with Crippen LogP contribution in [0.2, 0.25) is 0 Å². The summed E-state index contributed by atoms with van der Waals surface area (Å²) in [6.45, 7) is 0. The molecule has 5 rings (SSSR count). The van der Waals surface area contributed by atoms with Crippen LogP contribution in [0.1, 0.15) is 45.7 Å². The van der Waals surface area contributed by atoms with Gasteiger partial charge in [0, 0.05) is 17.1 Å². The van der Waals surface area contributed by atoms with Crippen LogP contribution in [0.3, 0.4) is 0 Å². The fourth-order valence-corrected chi connectivity index (χ4v) is 5.35. The number of fused-ring (bicyclic) bond motifs is 2. The fraction of sp³-hybridized carbons (Fsp3) is 0.240. The minimum Gasteiger partial charge on any atom is -0.481 e. The van der Waals surface area contributed by atoms with Crippen molar-refractivity contribution in [2.75, 3.05) is 0 Å². The molecule has 0 aliphatic heterocycles. The molecular weight excluding hydrogens is 470 g/mol. The van der Waals surface area contributed by atoms with Gasteiger partial charge in [0.1, 0.15) is 4.88 Å². The van der Waals surface area contributed by atoms with Gasteiger partial charge in [-0.3, -0.25) is 18.8 Å². The van der Waals surface area contributed by atoms with Gasteiger partial charge in [-0.1, -0.05) is 6.07 Å².